The maximum absolute atomic E-state index is 12.0. The number of morpholine rings is 1. The number of aliphatic imine (C=N–C) groups is 1. The molecule has 1 aromatic heterocycles. The molecule has 160 valence electrons. The van der Waals surface area contributed by atoms with Crippen LogP contribution in [0.4, 0.5) is 0 Å². The van der Waals surface area contributed by atoms with Crippen molar-refractivity contribution < 1.29 is 13.9 Å². The zero-order valence-electron chi connectivity index (χ0n) is 17.5. The molecule has 0 spiro atoms. The Morgan fingerprint density at radius 2 is 1.93 bits per heavy atom. The highest BCUT2D eigenvalue weighted by molar-refractivity contribution is 14.0. The second-order valence-corrected chi connectivity index (χ2v) is 7.72. The Labute approximate surface area is 184 Å². The number of carbonyl (C=O) groups excluding carboxylic acids is 1. The smallest absolute Gasteiger partial charge is 0.239 e. The molecule has 1 fully saturated rings. The standard InChI is InChI=1S/C19H33N5O3.HI/c1-14-6-7-16(27-14)15(24-8-10-26-11-9-24)12-21-18(20-5)22-13-17(25)23-19(2,3)4;/h6-7,15H,8-13H2,1-5H3,(H,23,25)(H2,20,21,22);1H. The minimum absolute atomic E-state index is 0. The van der Waals surface area contributed by atoms with E-state index in [2.05, 4.69) is 25.8 Å². The number of nitrogens with zero attached hydrogens (tertiary/aromatic N) is 2. The lowest BCUT2D eigenvalue weighted by atomic mass is 10.1. The van der Waals surface area contributed by atoms with Crippen molar-refractivity contribution in [2.24, 2.45) is 4.99 Å². The van der Waals surface area contributed by atoms with Gasteiger partial charge in [-0.1, -0.05) is 0 Å². The summed E-state index contributed by atoms with van der Waals surface area (Å²) in [4.78, 5) is 18.5. The predicted octanol–water partition coefficient (Wildman–Crippen LogP) is 1.66. The number of nitrogens with one attached hydrogen (secondary N) is 3. The Balaban J connectivity index is 0.00000392. The Morgan fingerprint density at radius 3 is 2.46 bits per heavy atom. The van der Waals surface area contributed by atoms with Gasteiger partial charge in [0.25, 0.3) is 0 Å². The zero-order valence-corrected chi connectivity index (χ0v) is 19.8. The maximum Gasteiger partial charge on any atom is 0.239 e. The highest BCUT2D eigenvalue weighted by atomic mass is 127. The van der Waals surface area contributed by atoms with Crippen molar-refractivity contribution in [2.75, 3.05) is 46.4 Å². The van der Waals surface area contributed by atoms with Gasteiger partial charge < -0.3 is 25.1 Å². The van der Waals surface area contributed by atoms with Crippen LogP contribution in [0.15, 0.2) is 21.5 Å². The average Bonchev–Trinajstić information content (AvgIpc) is 3.03. The molecule has 0 radical (unpaired) electrons. The molecule has 0 saturated carbocycles. The fourth-order valence-corrected chi connectivity index (χ4v) is 2.97. The summed E-state index contributed by atoms with van der Waals surface area (Å²) < 4.78 is 11.3. The number of hydrogen-bond acceptors (Lipinski definition) is 5. The van der Waals surface area contributed by atoms with E-state index in [9.17, 15) is 4.79 Å². The Hall–Kier alpha value is -1.33. The molecule has 2 rings (SSSR count). The van der Waals surface area contributed by atoms with E-state index in [-0.39, 0.29) is 48.0 Å². The van der Waals surface area contributed by atoms with Crippen LogP contribution in [0.3, 0.4) is 0 Å². The molecule has 8 nitrogen and oxygen atoms in total. The van der Waals surface area contributed by atoms with E-state index in [1.807, 2.05) is 39.8 Å². The number of amides is 1. The van der Waals surface area contributed by atoms with Gasteiger partial charge in [0.1, 0.15) is 11.5 Å². The van der Waals surface area contributed by atoms with Gasteiger partial charge in [0.15, 0.2) is 5.96 Å². The van der Waals surface area contributed by atoms with Gasteiger partial charge in [0, 0.05) is 32.2 Å². The monoisotopic (exact) mass is 507 g/mol. The molecule has 3 N–H and O–H groups in total. The third-order valence-corrected chi connectivity index (χ3v) is 4.19. The molecular weight excluding hydrogens is 473 g/mol. The average molecular weight is 507 g/mol. The molecule has 1 aliphatic rings. The number of hydrogen-bond donors (Lipinski definition) is 3. The van der Waals surface area contributed by atoms with Gasteiger partial charge in [0.2, 0.25) is 5.91 Å². The van der Waals surface area contributed by atoms with Crippen molar-refractivity contribution in [3.8, 4) is 0 Å². The van der Waals surface area contributed by atoms with Gasteiger partial charge in [-0.3, -0.25) is 14.7 Å². The van der Waals surface area contributed by atoms with Crippen molar-refractivity contribution in [2.45, 2.75) is 39.3 Å². The number of furan rings is 1. The third-order valence-electron chi connectivity index (χ3n) is 4.19. The van der Waals surface area contributed by atoms with Crippen LogP contribution in [0.5, 0.6) is 0 Å². The molecule has 0 bridgehead atoms. The maximum atomic E-state index is 12.0. The summed E-state index contributed by atoms with van der Waals surface area (Å²) in [6.45, 7) is 11.7. The molecule has 0 aliphatic carbocycles. The topological polar surface area (TPSA) is 91.1 Å². The highest BCUT2D eigenvalue weighted by Gasteiger charge is 2.25. The lowest BCUT2D eigenvalue weighted by Gasteiger charge is -2.33. The largest absolute Gasteiger partial charge is 0.465 e. The van der Waals surface area contributed by atoms with E-state index < -0.39 is 0 Å². The normalized spacial score (nSPS) is 16.8. The second kappa shape index (κ2) is 11.6. The van der Waals surface area contributed by atoms with E-state index in [4.69, 9.17) is 9.15 Å². The van der Waals surface area contributed by atoms with Crippen molar-refractivity contribution in [3.63, 3.8) is 0 Å². The van der Waals surface area contributed by atoms with E-state index >= 15 is 0 Å². The molecule has 1 unspecified atom stereocenters. The lowest BCUT2D eigenvalue weighted by molar-refractivity contribution is -0.121. The van der Waals surface area contributed by atoms with Crippen LogP contribution in [0, 0.1) is 6.92 Å². The minimum Gasteiger partial charge on any atom is -0.465 e. The van der Waals surface area contributed by atoms with E-state index in [0.29, 0.717) is 12.5 Å². The fraction of sp³-hybridized carbons (Fsp3) is 0.684. The summed E-state index contributed by atoms with van der Waals surface area (Å²) in [5.74, 6) is 2.32. The van der Waals surface area contributed by atoms with Crippen LogP contribution in [-0.4, -0.2) is 68.7 Å². The number of carbonyl (C=O) groups is 1. The van der Waals surface area contributed by atoms with Crippen molar-refractivity contribution in [1.29, 1.82) is 0 Å². The van der Waals surface area contributed by atoms with E-state index in [1.54, 1.807) is 7.05 Å². The Bertz CT molecular complexity index is 636. The Morgan fingerprint density at radius 1 is 1.25 bits per heavy atom. The van der Waals surface area contributed by atoms with Gasteiger partial charge >= 0.3 is 0 Å². The lowest BCUT2D eigenvalue weighted by Crippen LogP contribution is -2.50. The first-order valence-corrected chi connectivity index (χ1v) is 9.42. The number of ether oxygens (including phenoxy) is 1. The molecule has 1 amide bonds. The van der Waals surface area contributed by atoms with Crippen molar-refractivity contribution >= 4 is 35.8 Å². The van der Waals surface area contributed by atoms with Crippen LogP contribution < -0.4 is 16.0 Å². The molecule has 9 heteroatoms. The summed E-state index contributed by atoms with van der Waals surface area (Å²) in [5, 5.41) is 9.29. The molecule has 1 aromatic rings. The van der Waals surface area contributed by atoms with Gasteiger partial charge in [-0.15, -0.1) is 24.0 Å². The summed E-state index contributed by atoms with van der Waals surface area (Å²) in [6, 6.07) is 4.07. The number of guanidine groups is 1. The molecule has 1 saturated heterocycles. The van der Waals surface area contributed by atoms with E-state index in [1.165, 1.54) is 0 Å². The Kier molecular flexibility index (Phi) is 10.3. The summed E-state index contributed by atoms with van der Waals surface area (Å²) >= 11 is 0. The zero-order chi connectivity index (χ0) is 19.9. The first-order chi connectivity index (χ1) is 12.8. The summed E-state index contributed by atoms with van der Waals surface area (Å²) in [7, 11) is 1.69. The van der Waals surface area contributed by atoms with Gasteiger partial charge in [-0.05, 0) is 39.8 Å². The molecule has 2 heterocycles. The van der Waals surface area contributed by atoms with Crippen LogP contribution in [0.1, 0.15) is 38.3 Å². The van der Waals surface area contributed by atoms with Crippen molar-refractivity contribution in [3.05, 3.63) is 23.7 Å². The SMILES string of the molecule is CN=C(NCC(=O)NC(C)(C)C)NCC(c1ccc(C)o1)N1CCOCC1.I. The third kappa shape index (κ3) is 8.36. The van der Waals surface area contributed by atoms with Gasteiger partial charge in [-0.25, -0.2) is 0 Å². The van der Waals surface area contributed by atoms with Crippen LogP contribution in [0.25, 0.3) is 0 Å². The molecule has 1 aliphatic heterocycles. The molecule has 1 atom stereocenters. The first kappa shape index (κ1) is 24.7. The fourth-order valence-electron chi connectivity index (χ4n) is 2.97. The second-order valence-electron chi connectivity index (χ2n) is 7.72. The first-order valence-electron chi connectivity index (χ1n) is 9.42. The number of aryl methyl sites for hydroxylation is 1. The summed E-state index contributed by atoms with van der Waals surface area (Å²) in [6.07, 6.45) is 0. The highest BCUT2D eigenvalue weighted by Crippen LogP contribution is 2.23. The summed E-state index contributed by atoms with van der Waals surface area (Å²) in [5.41, 5.74) is -0.256. The van der Waals surface area contributed by atoms with Crippen molar-refractivity contribution in [1.82, 2.24) is 20.9 Å². The van der Waals surface area contributed by atoms with Gasteiger partial charge in [0.05, 0.1) is 25.8 Å². The molecule has 28 heavy (non-hydrogen) atoms. The van der Waals surface area contributed by atoms with Gasteiger partial charge in [-0.2, -0.15) is 0 Å². The number of rotatable bonds is 6. The van der Waals surface area contributed by atoms with Crippen LogP contribution >= 0.6 is 24.0 Å². The minimum atomic E-state index is -0.256. The van der Waals surface area contributed by atoms with Crippen LogP contribution in [0.2, 0.25) is 0 Å². The molecular formula is C19H34IN5O3. The van der Waals surface area contributed by atoms with E-state index in [0.717, 1.165) is 37.8 Å². The predicted molar refractivity (Wildman–Crippen MR) is 121 cm³/mol. The number of halogens is 1. The molecule has 0 aromatic carbocycles. The van der Waals surface area contributed by atoms with Crippen LogP contribution in [-0.2, 0) is 9.53 Å². The quantitative estimate of drug-likeness (QED) is 0.308.